The largest absolute Gasteiger partial charge is 0.493 e. The highest BCUT2D eigenvalue weighted by atomic mass is 127. The van der Waals surface area contributed by atoms with Crippen molar-refractivity contribution in [2.75, 3.05) is 27.8 Å². The molecule has 0 amide bonds. The lowest BCUT2D eigenvalue weighted by Gasteiger charge is -2.13. The molecule has 26 heavy (non-hydrogen) atoms. The average Bonchev–Trinajstić information content (AvgIpc) is 3.11. The SMILES string of the molecule is CCn1cnnc1CNC(=NC)NCCc1ccc(OC)c(OC)c1.I. The molecular formula is C17H27IN6O2. The van der Waals surface area contributed by atoms with Crippen LogP contribution in [0.4, 0.5) is 0 Å². The molecule has 0 fully saturated rings. The Morgan fingerprint density at radius 1 is 1.19 bits per heavy atom. The van der Waals surface area contributed by atoms with Gasteiger partial charge < -0.3 is 24.7 Å². The molecule has 0 unspecified atom stereocenters. The van der Waals surface area contributed by atoms with Crippen molar-refractivity contribution in [2.45, 2.75) is 26.4 Å². The minimum Gasteiger partial charge on any atom is -0.493 e. The second kappa shape index (κ2) is 11.6. The van der Waals surface area contributed by atoms with E-state index in [0.29, 0.717) is 6.54 Å². The number of aromatic nitrogens is 3. The minimum atomic E-state index is 0. The summed E-state index contributed by atoms with van der Waals surface area (Å²) >= 11 is 0. The molecule has 144 valence electrons. The highest BCUT2D eigenvalue weighted by Gasteiger charge is 2.06. The predicted molar refractivity (Wildman–Crippen MR) is 113 cm³/mol. The van der Waals surface area contributed by atoms with Gasteiger partial charge in [-0.1, -0.05) is 6.07 Å². The molecule has 2 aromatic rings. The Morgan fingerprint density at radius 3 is 2.62 bits per heavy atom. The maximum absolute atomic E-state index is 5.33. The summed E-state index contributed by atoms with van der Waals surface area (Å²) < 4.78 is 12.6. The normalized spacial score (nSPS) is 10.8. The molecule has 0 saturated carbocycles. The molecule has 0 saturated heterocycles. The number of nitrogens with one attached hydrogen (secondary N) is 2. The van der Waals surface area contributed by atoms with E-state index in [4.69, 9.17) is 9.47 Å². The van der Waals surface area contributed by atoms with Crippen molar-refractivity contribution in [3.63, 3.8) is 0 Å². The number of hydrogen-bond acceptors (Lipinski definition) is 5. The fourth-order valence-electron chi connectivity index (χ4n) is 2.42. The third kappa shape index (κ3) is 6.04. The first-order valence-electron chi connectivity index (χ1n) is 8.23. The number of aryl methyl sites for hydroxylation is 1. The Morgan fingerprint density at radius 2 is 1.96 bits per heavy atom. The fourth-order valence-corrected chi connectivity index (χ4v) is 2.42. The van der Waals surface area contributed by atoms with E-state index in [1.165, 1.54) is 0 Å². The van der Waals surface area contributed by atoms with E-state index in [2.05, 4.69) is 32.7 Å². The van der Waals surface area contributed by atoms with E-state index < -0.39 is 0 Å². The maximum Gasteiger partial charge on any atom is 0.191 e. The van der Waals surface area contributed by atoms with Gasteiger partial charge in [-0.05, 0) is 31.0 Å². The first-order chi connectivity index (χ1) is 12.2. The second-order valence-electron chi connectivity index (χ2n) is 5.33. The molecule has 0 aliphatic carbocycles. The number of nitrogens with zero attached hydrogens (tertiary/aromatic N) is 4. The summed E-state index contributed by atoms with van der Waals surface area (Å²) in [4.78, 5) is 4.23. The fraction of sp³-hybridized carbons (Fsp3) is 0.471. The summed E-state index contributed by atoms with van der Waals surface area (Å²) in [6.07, 6.45) is 2.57. The van der Waals surface area contributed by atoms with Crippen molar-refractivity contribution in [3.05, 3.63) is 35.9 Å². The van der Waals surface area contributed by atoms with Crippen LogP contribution in [-0.4, -0.2) is 48.5 Å². The zero-order valence-corrected chi connectivity index (χ0v) is 18.0. The number of benzene rings is 1. The highest BCUT2D eigenvalue weighted by Crippen LogP contribution is 2.27. The molecule has 1 heterocycles. The van der Waals surface area contributed by atoms with Crippen LogP contribution in [0, 0.1) is 0 Å². The Bertz CT molecular complexity index is 704. The highest BCUT2D eigenvalue weighted by molar-refractivity contribution is 14.0. The summed E-state index contributed by atoms with van der Waals surface area (Å²) in [5.41, 5.74) is 1.16. The van der Waals surface area contributed by atoms with Crippen molar-refractivity contribution in [1.82, 2.24) is 25.4 Å². The Kier molecular flexibility index (Phi) is 9.78. The molecule has 8 nitrogen and oxygen atoms in total. The summed E-state index contributed by atoms with van der Waals surface area (Å²) in [6, 6.07) is 5.93. The molecule has 0 spiro atoms. The van der Waals surface area contributed by atoms with Crippen molar-refractivity contribution in [3.8, 4) is 11.5 Å². The van der Waals surface area contributed by atoms with Crippen molar-refractivity contribution in [1.29, 1.82) is 0 Å². The van der Waals surface area contributed by atoms with E-state index in [-0.39, 0.29) is 24.0 Å². The van der Waals surface area contributed by atoms with Gasteiger partial charge in [0.05, 0.1) is 20.8 Å². The lowest BCUT2D eigenvalue weighted by atomic mass is 10.1. The molecule has 2 N–H and O–H groups in total. The van der Waals surface area contributed by atoms with Gasteiger partial charge in [0.2, 0.25) is 0 Å². The van der Waals surface area contributed by atoms with Crippen molar-refractivity contribution in [2.24, 2.45) is 4.99 Å². The number of guanidine groups is 1. The standard InChI is InChI=1S/C17H26N6O2.HI/c1-5-23-12-21-22-16(23)11-20-17(18-2)19-9-8-13-6-7-14(24-3)15(10-13)25-4;/h6-7,10,12H,5,8-9,11H2,1-4H3,(H2,18,19,20);1H. The van der Waals surface area contributed by atoms with Gasteiger partial charge in [-0.15, -0.1) is 34.2 Å². The summed E-state index contributed by atoms with van der Waals surface area (Å²) in [5, 5.41) is 14.6. The van der Waals surface area contributed by atoms with Crippen LogP contribution in [0.1, 0.15) is 18.3 Å². The molecule has 1 aromatic heterocycles. The monoisotopic (exact) mass is 474 g/mol. The van der Waals surface area contributed by atoms with Gasteiger partial charge in [-0.3, -0.25) is 4.99 Å². The third-order valence-electron chi connectivity index (χ3n) is 3.83. The van der Waals surface area contributed by atoms with Crippen LogP contribution in [0.2, 0.25) is 0 Å². The number of rotatable bonds is 8. The smallest absolute Gasteiger partial charge is 0.191 e. The summed E-state index contributed by atoms with van der Waals surface area (Å²) in [6.45, 7) is 4.22. The van der Waals surface area contributed by atoms with Crippen LogP contribution in [-0.2, 0) is 19.5 Å². The average molecular weight is 474 g/mol. The van der Waals surface area contributed by atoms with Gasteiger partial charge in [-0.25, -0.2) is 0 Å². The Hall–Kier alpha value is -2.04. The Labute approximate surface area is 171 Å². The summed E-state index contributed by atoms with van der Waals surface area (Å²) in [7, 11) is 5.02. The van der Waals surface area contributed by atoms with E-state index in [1.807, 2.05) is 22.8 Å². The first-order valence-corrected chi connectivity index (χ1v) is 8.23. The zero-order valence-electron chi connectivity index (χ0n) is 15.7. The van der Waals surface area contributed by atoms with Gasteiger partial charge in [0, 0.05) is 20.1 Å². The quantitative estimate of drug-likeness (QED) is 0.345. The van der Waals surface area contributed by atoms with Crippen LogP contribution >= 0.6 is 24.0 Å². The first kappa shape index (κ1) is 22.0. The molecule has 0 aliphatic heterocycles. The topological polar surface area (TPSA) is 85.6 Å². The van der Waals surface area contributed by atoms with Gasteiger partial charge >= 0.3 is 0 Å². The van der Waals surface area contributed by atoms with Crippen LogP contribution in [0.5, 0.6) is 11.5 Å². The molecule has 0 radical (unpaired) electrons. The number of ether oxygens (including phenoxy) is 2. The van der Waals surface area contributed by atoms with Gasteiger partial charge in [-0.2, -0.15) is 0 Å². The maximum atomic E-state index is 5.33. The van der Waals surface area contributed by atoms with Crippen molar-refractivity contribution < 1.29 is 9.47 Å². The number of halogens is 1. The zero-order chi connectivity index (χ0) is 18.1. The van der Waals surface area contributed by atoms with Gasteiger partial charge in [0.15, 0.2) is 23.3 Å². The number of methoxy groups -OCH3 is 2. The predicted octanol–water partition coefficient (Wildman–Crippen LogP) is 1.84. The molecule has 0 atom stereocenters. The summed E-state index contributed by atoms with van der Waals surface area (Å²) in [5.74, 6) is 3.08. The van der Waals surface area contributed by atoms with E-state index >= 15 is 0 Å². The molecule has 1 aromatic carbocycles. The van der Waals surface area contributed by atoms with E-state index in [1.54, 1.807) is 27.6 Å². The van der Waals surface area contributed by atoms with Gasteiger partial charge in [0.1, 0.15) is 6.33 Å². The van der Waals surface area contributed by atoms with E-state index in [0.717, 1.165) is 48.4 Å². The van der Waals surface area contributed by atoms with Crippen molar-refractivity contribution >= 4 is 29.9 Å². The van der Waals surface area contributed by atoms with Gasteiger partial charge in [0.25, 0.3) is 0 Å². The molecule has 0 aliphatic rings. The number of aliphatic imine (C=N–C) groups is 1. The second-order valence-corrected chi connectivity index (χ2v) is 5.33. The van der Waals surface area contributed by atoms with Crippen LogP contribution in [0.25, 0.3) is 0 Å². The molecule has 0 bridgehead atoms. The molecular weight excluding hydrogens is 447 g/mol. The number of hydrogen-bond donors (Lipinski definition) is 2. The lowest BCUT2D eigenvalue weighted by Crippen LogP contribution is -2.38. The molecule has 2 rings (SSSR count). The van der Waals surface area contributed by atoms with Crippen LogP contribution in [0.15, 0.2) is 29.5 Å². The van der Waals surface area contributed by atoms with E-state index in [9.17, 15) is 0 Å². The Balaban J connectivity index is 0.00000338. The third-order valence-corrected chi connectivity index (χ3v) is 3.83. The molecule has 9 heteroatoms. The lowest BCUT2D eigenvalue weighted by molar-refractivity contribution is 0.354. The van der Waals surface area contributed by atoms with Crippen LogP contribution in [0.3, 0.4) is 0 Å². The van der Waals surface area contributed by atoms with Crippen LogP contribution < -0.4 is 20.1 Å². The minimum absolute atomic E-state index is 0.